The summed E-state index contributed by atoms with van der Waals surface area (Å²) in [5.41, 5.74) is 1.88. The maximum Gasteiger partial charge on any atom is 0.223 e. The van der Waals surface area contributed by atoms with Gasteiger partial charge < -0.3 is 15.0 Å². The Morgan fingerprint density at radius 3 is 2.84 bits per heavy atom. The minimum atomic E-state index is -0.175. The van der Waals surface area contributed by atoms with Crippen LogP contribution >= 0.6 is 11.3 Å². The fraction of sp³-hybridized carbons (Fsp3) is 0.542. The van der Waals surface area contributed by atoms with E-state index in [-0.39, 0.29) is 12.6 Å². The number of anilines is 1. The Labute approximate surface area is 188 Å². The van der Waals surface area contributed by atoms with Crippen molar-refractivity contribution < 1.29 is 5.11 Å². The number of hydrogen-bond donors (Lipinski definition) is 2. The molecule has 6 nitrogen and oxygen atoms in total. The normalized spacial score (nSPS) is 15.8. The summed E-state index contributed by atoms with van der Waals surface area (Å²) in [6.45, 7) is 3.11. The zero-order valence-electron chi connectivity index (χ0n) is 18.3. The van der Waals surface area contributed by atoms with Gasteiger partial charge in [-0.05, 0) is 43.9 Å². The molecule has 0 saturated heterocycles. The van der Waals surface area contributed by atoms with Crippen molar-refractivity contribution in [3.05, 3.63) is 47.5 Å². The maximum absolute atomic E-state index is 9.88. The van der Waals surface area contributed by atoms with Crippen LogP contribution in [0.3, 0.4) is 0 Å². The molecule has 0 bridgehead atoms. The minimum absolute atomic E-state index is 0.000236. The third kappa shape index (κ3) is 6.37. The summed E-state index contributed by atoms with van der Waals surface area (Å²) in [7, 11) is 0. The molecular formula is C24H33N5OS. The van der Waals surface area contributed by atoms with Crippen molar-refractivity contribution in [3.8, 4) is 10.6 Å². The molecule has 1 aliphatic carbocycles. The van der Waals surface area contributed by atoms with Gasteiger partial charge in [-0.1, -0.05) is 32.1 Å². The molecule has 0 unspecified atom stereocenters. The third-order valence-corrected chi connectivity index (χ3v) is 7.12. The van der Waals surface area contributed by atoms with E-state index in [9.17, 15) is 5.11 Å². The van der Waals surface area contributed by atoms with Gasteiger partial charge in [-0.2, -0.15) is 0 Å². The molecule has 3 aromatic rings. The Hall–Kier alpha value is -2.25. The summed E-state index contributed by atoms with van der Waals surface area (Å²) < 4.78 is 2.18. The first-order chi connectivity index (χ1) is 15.2. The lowest BCUT2D eigenvalue weighted by molar-refractivity contribution is 0.272. The van der Waals surface area contributed by atoms with Gasteiger partial charge in [-0.25, -0.2) is 15.0 Å². The number of aliphatic hydroxyl groups excluding tert-OH is 1. The summed E-state index contributed by atoms with van der Waals surface area (Å²) in [5, 5.41) is 13.2. The van der Waals surface area contributed by atoms with Crippen molar-refractivity contribution in [1.82, 2.24) is 19.5 Å². The summed E-state index contributed by atoms with van der Waals surface area (Å²) in [6.07, 6.45) is 16.0. The van der Waals surface area contributed by atoms with Crippen LogP contribution in [0.4, 0.5) is 5.95 Å². The van der Waals surface area contributed by atoms with E-state index >= 15 is 0 Å². The molecule has 1 fully saturated rings. The number of nitrogens with zero attached hydrogens (tertiary/aromatic N) is 4. The SMILES string of the molecule is Cc1ccc(-c2ccnc(N[C@H](CO)Cc3cn(CCCC4CCCCC4)cn3)n2)s1. The van der Waals surface area contributed by atoms with Gasteiger partial charge in [0.05, 0.1) is 35.2 Å². The summed E-state index contributed by atoms with van der Waals surface area (Å²) in [5.74, 6) is 1.46. The van der Waals surface area contributed by atoms with Crippen LogP contribution in [-0.4, -0.2) is 37.3 Å². The predicted octanol–water partition coefficient (Wildman–Crippen LogP) is 5.09. The number of imidazole rings is 1. The molecule has 1 aliphatic rings. The molecule has 0 radical (unpaired) electrons. The van der Waals surface area contributed by atoms with Crippen LogP contribution in [0.2, 0.25) is 0 Å². The minimum Gasteiger partial charge on any atom is -0.394 e. The van der Waals surface area contributed by atoms with Crippen LogP contribution < -0.4 is 5.32 Å². The Kier molecular flexibility index (Phi) is 7.70. The van der Waals surface area contributed by atoms with Crippen LogP contribution in [0, 0.1) is 12.8 Å². The lowest BCUT2D eigenvalue weighted by Gasteiger charge is -2.21. The van der Waals surface area contributed by atoms with E-state index in [4.69, 9.17) is 0 Å². The molecule has 166 valence electrons. The highest BCUT2D eigenvalue weighted by molar-refractivity contribution is 7.15. The van der Waals surface area contributed by atoms with Crippen LogP contribution in [0.25, 0.3) is 10.6 Å². The molecule has 4 rings (SSSR count). The molecule has 1 saturated carbocycles. The van der Waals surface area contributed by atoms with Gasteiger partial charge in [-0.3, -0.25) is 0 Å². The highest BCUT2D eigenvalue weighted by atomic mass is 32.1. The monoisotopic (exact) mass is 439 g/mol. The first kappa shape index (κ1) is 22.0. The average Bonchev–Trinajstić information content (AvgIpc) is 3.43. The molecule has 7 heteroatoms. The van der Waals surface area contributed by atoms with Gasteiger partial charge in [0.25, 0.3) is 0 Å². The average molecular weight is 440 g/mol. The van der Waals surface area contributed by atoms with Crippen LogP contribution in [0.5, 0.6) is 0 Å². The van der Waals surface area contributed by atoms with E-state index in [1.54, 1.807) is 17.5 Å². The van der Waals surface area contributed by atoms with E-state index in [0.29, 0.717) is 12.4 Å². The molecule has 3 heterocycles. The number of aliphatic hydroxyl groups is 1. The zero-order chi connectivity index (χ0) is 21.5. The van der Waals surface area contributed by atoms with Gasteiger partial charge in [0.15, 0.2) is 0 Å². The Morgan fingerprint density at radius 2 is 2.06 bits per heavy atom. The van der Waals surface area contributed by atoms with Gasteiger partial charge in [0, 0.05) is 30.2 Å². The Balaban J connectivity index is 1.29. The number of thiophene rings is 1. The zero-order valence-corrected chi connectivity index (χ0v) is 19.2. The van der Waals surface area contributed by atoms with Crippen molar-refractivity contribution in [2.75, 3.05) is 11.9 Å². The van der Waals surface area contributed by atoms with Crippen LogP contribution in [-0.2, 0) is 13.0 Å². The third-order valence-electron chi connectivity index (χ3n) is 6.10. The largest absolute Gasteiger partial charge is 0.394 e. The lowest BCUT2D eigenvalue weighted by atomic mass is 9.86. The second-order valence-electron chi connectivity index (χ2n) is 8.65. The topological polar surface area (TPSA) is 75.9 Å². The second-order valence-corrected chi connectivity index (χ2v) is 9.94. The Morgan fingerprint density at radius 1 is 1.19 bits per heavy atom. The summed E-state index contributed by atoms with van der Waals surface area (Å²) in [6, 6.07) is 5.92. The molecule has 0 aliphatic heterocycles. The Bertz CT molecular complexity index is 947. The van der Waals surface area contributed by atoms with Crippen molar-refractivity contribution in [3.63, 3.8) is 0 Å². The standard InChI is InChI=1S/C24H33N5OS/c1-18-9-10-23(31-18)22-11-12-25-24(28-22)27-21(16-30)14-20-15-29(17-26-20)13-5-8-19-6-3-2-4-7-19/h9-12,15,17,19,21,30H,2-8,13-14,16H2,1H3,(H,25,27,28)/t21-/m0/s1. The second kappa shape index (κ2) is 10.9. The molecule has 3 aromatic heterocycles. The summed E-state index contributed by atoms with van der Waals surface area (Å²) in [4.78, 5) is 15.9. The number of aryl methyl sites for hydroxylation is 2. The first-order valence-corrected chi connectivity index (χ1v) is 12.3. The molecular weight excluding hydrogens is 406 g/mol. The number of hydrogen-bond acceptors (Lipinski definition) is 6. The number of aromatic nitrogens is 4. The van der Waals surface area contributed by atoms with Gasteiger partial charge in [-0.15, -0.1) is 11.3 Å². The molecule has 0 spiro atoms. The van der Waals surface area contributed by atoms with Gasteiger partial charge in [0.2, 0.25) is 5.95 Å². The molecule has 2 N–H and O–H groups in total. The molecule has 1 atom stereocenters. The van der Waals surface area contributed by atoms with Crippen molar-refractivity contribution >= 4 is 17.3 Å². The van der Waals surface area contributed by atoms with Crippen LogP contribution in [0.1, 0.15) is 55.5 Å². The van der Waals surface area contributed by atoms with E-state index in [0.717, 1.165) is 28.7 Å². The number of nitrogens with one attached hydrogen (secondary N) is 1. The quantitative estimate of drug-likeness (QED) is 0.460. The fourth-order valence-electron chi connectivity index (χ4n) is 4.41. The first-order valence-electron chi connectivity index (χ1n) is 11.5. The van der Waals surface area contributed by atoms with E-state index in [2.05, 4.69) is 50.1 Å². The molecule has 0 aromatic carbocycles. The van der Waals surface area contributed by atoms with Gasteiger partial charge in [0.1, 0.15) is 0 Å². The van der Waals surface area contributed by atoms with Crippen molar-refractivity contribution in [2.45, 2.75) is 70.9 Å². The molecule has 31 heavy (non-hydrogen) atoms. The maximum atomic E-state index is 9.88. The summed E-state index contributed by atoms with van der Waals surface area (Å²) >= 11 is 1.71. The van der Waals surface area contributed by atoms with E-state index in [1.807, 2.05) is 12.4 Å². The molecule has 0 amide bonds. The smallest absolute Gasteiger partial charge is 0.223 e. The van der Waals surface area contributed by atoms with E-state index < -0.39 is 0 Å². The van der Waals surface area contributed by atoms with E-state index in [1.165, 1.54) is 49.8 Å². The highest BCUT2D eigenvalue weighted by Gasteiger charge is 2.15. The predicted molar refractivity (Wildman–Crippen MR) is 126 cm³/mol. The van der Waals surface area contributed by atoms with Gasteiger partial charge >= 0.3 is 0 Å². The van der Waals surface area contributed by atoms with Crippen LogP contribution in [0.15, 0.2) is 36.9 Å². The fourth-order valence-corrected chi connectivity index (χ4v) is 5.24. The van der Waals surface area contributed by atoms with Crippen molar-refractivity contribution in [2.24, 2.45) is 5.92 Å². The number of rotatable bonds is 10. The lowest BCUT2D eigenvalue weighted by Crippen LogP contribution is -2.27. The van der Waals surface area contributed by atoms with Crippen molar-refractivity contribution in [1.29, 1.82) is 0 Å². The highest BCUT2D eigenvalue weighted by Crippen LogP contribution is 2.28.